The molecule has 0 atom stereocenters. The van der Waals surface area contributed by atoms with Gasteiger partial charge in [-0.25, -0.2) is 0 Å². The van der Waals surface area contributed by atoms with Crippen LogP contribution in [0.5, 0.6) is 0 Å². The fourth-order valence-corrected chi connectivity index (χ4v) is 10.2. The van der Waals surface area contributed by atoms with Gasteiger partial charge in [-0.05, 0) is 42.4 Å². The average molecular weight is 401 g/mol. The lowest BCUT2D eigenvalue weighted by Crippen LogP contribution is -2.27. The van der Waals surface area contributed by atoms with Crippen LogP contribution in [-0.2, 0) is 26.6 Å². The Bertz CT molecular complexity index is 234. The topological polar surface area (TPSA) is 55.4 Å². The Morgan fingerprint density at radius 2 is 0.783 bits per heavy atom. The van der Waals surface area contributed by atoms with E-state index in [1.807, 2.05) is 0 Å². The molecule has 0 N–H and O–H groups in total. The molecular weight excluding hydrogens is 364 g/mol. The van der Waals surface area contributed by atoms with Gasteiger partial charge in [0.2, 0.25) is 0 Å². The molecule has 0 aliphatic rings. The maximum absolute atomic E-state index is 5.48. The Labute approximate surface area is 150 Å². The minimum absolute atomic E-state index is 0.354. The zero-order chi connectivity index (χ0) is 17.7. The second-order valence-corrected chi connectivity index (χ2v) is 15.4. The third kappa shape index (κ3) is 10.3. The molecule has 0 amide bonds. The fourth-order valence-electron chi connectivity index (χ4n) is 2.77. The summed E-state index contributed by atoms with van der Waals surface area (Å²) < 4.78 is 32.9. The lowest BCUT2D eigenvalue weighted by molar-refractivity contribution is 0.263. The van der Waals surface area contributed by atoms with Gasteiger partial charge in [-0.3, -0.25) is 0 Å². The van der Waals surface area contributed by atoms with E-state index in [1.54, 1.807) is 42.7 Å². The highest BCUT2D eigenvalue weighted by Gasteiger charge is 2.29. The van der Waals surface area contributed by atoms with Crippen molar-refractivity contribution in [3.63, 3.8) is 0 Å². The van der Waals surface area contributed by atoms with Crippen LogP contribution in [0.1, 0.15) is 19.3 Å². The van der Waals surface area contributed by atoms with Crippen molar-refractivity contribution in [2.45, 2.75) is 42.4 Å². The minimum Gasteiger partial charge on any atom is -0.400 e. The Morgan fingerprint density at radius 1 is 0.565 bits per heavy atom. The summed E-state index contributed by atoms with van der Waals surface area (Å²) in [4.78, 5) is 0. The van der Waals surface area contributed by atoms with Crippen molar-refractivity contribution in [3.8, 4) is 0 Å². The van der Waals surface area contributed by atoms with Crippen molar-refractivity contribution >= 4 is 38.1 Å². The lowest BCUT2D eigenvalue weighted by atomic mass is 9.98. The van der Waals surface area contributed by atoms with Crippen LogP contribution in [0.3, 0.4) is 0 Å². The highest BCUT2D eigenvalue weighted by molar-refractivity contribution is 6.45. The van der Waals surface area contributed by atoms with Crippen LogP contribution in [0.25, 0.3) is 0 Å². The first-order valence-electron chi connectivity index (χ1n) is 8.15. The molecule has 0 fully saturated rings. The van der Waals surface area contributed by atoms with Crippen molar-refractivity contribution in [1.29, 1.82) is 0 Å². The van der Waals surface area contributed by atoms with E-state index in [0.717, 1.165) is 47.6 Å². The van der Waals surface area contributed by atoms with Gasteiger partial charge >= 0.3 is 27.9 Å². The SMILES string of the molecule is CO[SiH](CCC([SiH3])(CC[SiH](OC)OC)CC[SiH](OC)OC)OC. The third-order valence-corrected chi connectivity index (χ3v) is 11.5. The van der Waals surface area contributed by atoms with Gasteiger partial charge in [0.15, 0.2) is 0 Å². The maximum atomic E-state index is 5.48. The van der Waals surface area contributed by atoms with Gasteiger partial charge in [-0.1, -0.05) is 0 Å². The Hall–Kier alpha value is 0.628. The molecular formula is C13H36O6Si4. The van der Waals surface area contributed by atoms with E-state index in [1.165, 1.54) is 0 Å². The number of rotatable bonds is 15. The molecule has 23 heavy (non-hydrogen) atoms. The molecule has 0 aliphatic carbocycles. The second-order valence-electron chi connectivity index (χ2n) is 6.13. The molecule has 0 aromatic rings. The second kappa shape index (κ2) is 13.9. The minimum atomic E-state index is -1.50. The van der Waals surface area contributed by atoms with Gasteiger partial charge in [-0.15, -0.1) is 0 Å². The van der Waals surface area contributed by atoms with E-state index in [4.69, 9.17) is 26.6 Å². The maximum Gasteiger partial charge on any atom is 0.320 e. The van der Waals surface area contributed by atoms with Crippen LogP contribution in [0.2, 0.25) is 23.2 Å². The van der Waals surface area contributed by atoms with Crippen molar-refractivity contribution in [1.82, 2.24) is 0 Å². The summed E-state index contributed by atoms with van der Waals surface area (Å²) in [5.41, 5.74) is 0. The quantitative estimate of drug-likeness (QED) is 0.367. The zero-order valence-corrected chi connectivity index (χ0v) is 21.4. The summed E-state index contributed by atoms with van der Waals surface area (Å²) in [6.07, 6.45) is 3.46. The molecule has 0 saturated heterocycles. The first kappa shape index (κ1) is 23.6. The molecule has 6 nitrogen and oxygen atoms in total. The molecule has 10 heteroatoms. The monoisotopic (exact) mass is 400 g/mol. The zero-order valence-electron chi connectivity index (χ0n) is 15.9. The summed E-state index contributed by atoms with van der Waals surface area (Å²) in [6, 6.07) is 3.15. The van der Waals surface area contributed by atoms with Gasteiger partial charge in [0.25, 0.3) is 0 Å². The highest BCUT2D eigenvalue weighted by Crippen LogP contribution is 2.41. The predicted octanol–water partition coefficient (Wildman–Crippen LogP) is 0.221. The van der Waals surface area contributed by atoms with Crippen LogP contribution in [0.4, 0.5) is 0 Å². The van der Waals surface area contributed by atoms with Crippen molar-refractivity contribution in [2.75, 3.05) is 42.7 Å². The standard InChI is InChI=1S/C13H36O6Si4/c1-14-21(15-2)10-7-13(20,8-11-22(16-3)17-4)9-12-23(18-5)19-6/h21-23H,7-12H2,1-6,20H3. The van der Waals surface area contributed by atoms with Gasteiger partial charge in [0.05, 0.1) is 0 Å². The van der Waals surface area contributed by atoms with Crippen molar-refractivity contribution in [3.05, 3.63) is 0 Å². The summed E-state index contributed by atoms with van der Waals surface area (Å²) >= 11 is 0. The van der Waals surface area contributed by atoms with Gasteiger partial charge in [-0.2, -0.15) is 0 Å². The van der Waals surface area contributed by atoms with Crippen LogP contribution in [-0.4, -0.2) is 80.8 Å². The smallest absolute Gasteiger partial charge is 0.320 e. The largest absolute Gasteiger partial charge is 0.400 e. The first-order chi connectivity index (χ1) is 11.0. The van der Waals surface area contributed by atoms with E-state index in [0.29, 0.717) is 5.04 Å². The average Bonchev–Trinajstić information content (AvgIpc) is 2.57. The third-order valence-electron chi connectivity index (χ3n) is 4.53. The van der Waals surface area contributed by atoms with Crippen LogP contribution < -0.4 is 0 Å². The number of hydrogen-bond donors (Lipinski definition) is 0. The summed E-state index contributed by atoms with van der Waals surface area (Å²) in [6.45, 7) is 0. The Morgan fingerprint density at radius 3 is 0.957 bits per heavy atom. The molecule has 0 rings (SSSR count). The predicted molar refractivity (Wildman–Crippen MR) is 104 cm³/mol. The van der Waals surface area contributed by atoms with E-state index in [2.05, 4.69) is 0 Å². The molecule has 140 valence electrons. The van der Waals surface area contributed by atoms with E-state index in [9.17, 15) is 0 Å². The molecule has 0 aromatic carbocycles. The first-order valence-corrected chi connectivity index (χ1v) is 14.4. The van der Waals surface area contributed by atoms with Gasteiger partial charge < -0.3 is 26.6 Å². The fraction of sp³-hybridized carbons (Fsp3) is 1.00. The van der Waals surface area contributed by atoms with Crippen LogP contribution in [0, 0.1) is 0 Å². The highest BCUT2D eigenvalue weighted by atomic mass is 28.3. The molecule has 0 unspecified atom stereocenters. The molecule has 0 saturated carbocycles. The molecule has 0 radical (unpaired) electrons. The van der Waals surface area contributed by atoms with E-state index in [-0.39, 0.29) is 0 Å². The summed E-state index contributed by atoms with van der Waals surface area (Å²) in [5, 5.41) is 0.354. The normalized spacial score (nSPS) is 12.9. The Balaban J connectivity index is 4.66. The molecule has 0 aliphatic heterocycles. The van der Waals surface area contributed by atoms with Gasteiger partial charge in [0.1, 0.15) is 0 Å². The van der Waals surface area contributed by atoms with Gasteiger partial charge in [0, 0.05) is 52.9 Å². The molecule has 0 bridgehead atoms. The summed E-state index contributed by atoms with van der Waals surface area (Å²) in [5.74, 6) is 0. The lowest BCUT2D eigenvalue weighted by Gasteiger charge is -2.32. The Kier molecular flexibility index (Phi) is 14.2. The summed E-state index contributed by atoms with van der Waals surface area (Å²) in [7, 11) is 7.17. The van der Waals surface area contributed by atoms with Crippen molar-refractivity contribution < 1.29 is 26.6 Å². The van der Waals surface area contributed by atoms with Crippen LogP contribution >= 0.6 is 0 Å². The molecule has 0 spiro atoms. The molecule has 0 aromatic heterocycles. The molecule has 0 heterocycles. The van der Waals surface area contributed by atoms with E-state index < -0.39 is 27.9 Å². The number of hydrogen-bond acceptors (Lipinski definition) is 6. The van der Waals surface area contributed by atoms with E-state index >= 15 is 0 Å². The van der Waals surface area contributed by atoms with Crippen molar-refractivity contribution in [2.24, 2.45) is 0 Å². The van der Waals surface area contributed by atoms with Crippen LogP contribution in [0.15, 0.2) is 0 Å².